The zero-order valence-corrected chi connectivity index (χ0v) is 22.8. The fourth-order valence-electron chi connectivity index (χ4n) is 4.55. The Morgan fingerprint density at radius 3 is 2.51 bits per heavy atom. The standard InChI is InChI=1S/C29H26ClN5.C2H6/c1-6-8-22-18(2)16-31-17-28(22)35-19(3)23-12-11-21(15-27(23)32-20(35)4)29-24(9-7-10-25(29)30)26-13-14-34(5)33-26;1-2/h6-17,32H,3-4H2,1-2,5H3;1-2H3/b8-6-;. The molecule has 1 N–H and O–H groups in total. The lowest BCUT2D eigenvalue weighted by Crippen LogP contribution is -2.30. The molecule has 0 atom stereocenters. The van der Waals surface area contributed by atoms with Gasteiger partial charge in [-0.3, -0.25) is 14.6 Å². The lowest BCUT2D eigenvalue weighted by atomic mass is 9.94. The van der Waals surface area contributed by atoms with Crippen molar-refractivity contribution in [2.75, 3.05) is 10.2 Å². The normalized spacial score (nSPS) is 12.8. The minimum absolute atomic E-state index is 0.671. The Balaban J connectivity index is 0.00000156. The van der Waals surface area contributed by atoms with Crippen LogP contribution in [0, 0.1) is 6.92 Å². The van der Waals surface area contributed by atoms with Crippen LogP contribution in [0.15, 0.2) is 86.1 Å². The first-order valence-electron chi connectivity index (χ1n) is 12.3. The third-order valence-corrected chi connectivity index (χ3v) is 6.50. The van der Waals surface area contributed by atoms with Crippen LogP contribution < -0.4 is 10.2 Å². The summed E-state index contributed by atoms with van der Waals surface area (Å²) in [6.07, 6.45) is 9.76. The molecule has 0 saturated heterocycles. The molecule has 2 aromatic carbocycles. The summed E-state index contributed by atoms with van der Waals surface area (Å²) in [6.45, 7) is 16.8. The largest absolute Gasteiger partial charge is 0.341 e. The molecule has 6 heteroatoms. The lowest BCUT2D eigenvalue weighted by Gasteiger charge is -2.36. The number of halogens is 1. The maximum atomic E-state index is 6.71. The van der Waals surface area contributed by atoms with E-state index in [1.54, 1.807) is 4.68 Å². The van der Waals surface area contributed by atoms with Gasteiger partial charge in [-0.2, -0.15) is 5.10 Å². The number of pyridine rings is 1. The van der Waals surface area contributed by atoms with E-state index in [2.05, 4.69) is 59.8 Å². The molecule has 0 radical (unpaired) electrons. The van der Waals surface area contributed by atoms with Crippen LogP contribution in [0.5, 0.6) is 0 Å². The van der Waals surface area contributed by atoms with Crippen molar-refractivity contribution in [1.82, 2.24) is 14.8 Å². The molecular formula is C31H32ClN5. The van der Waals surface area contributed by atoms with E-state index in [9.17, 15) is 0 Å². The summed E-state index contributed by atoms with van der Waals surface area (Å²) in [6, 6.07) is 14.1. The molecule has 2 aromatic heterocycles. The van der Waals surface area contributed by atoms with Crippen molar-refractivity contribution >= 4 is 34.7 Å². The summed E-state index contributed by atoms with van der Waals surface area (Å²) < 4.78 is 1.79. The summed E-state index contributed by atoms with van der Waals surface area (Å²) >= 11 is 6.71. The maximum absolute atomic E-state index is 6.71. The van der Waals surface area contributed by atoms with Crippen LogP contribution >= 0.6 is 11.6 Å². The van der Waals surface area contributed by atoms with Gasteiger partial charge in [-0.1, -0.05) is 75.0 Å². The second-order valence-electron chi connectivity index (χ2n) is 8.54. The minimum atomic E-state index is 0.671. The van der Waals surface area contributed by atoms with Gasteiger partial charge in [-0.25, -0.2) is 0 Å². The molecule has 0 spiro atoms. The first kappa shape index (κ1) is 26.0. The first-order valence-corrected chi connectivity index (χ1v) is 12.7. The monoisotopic (exact) mass is 509 g/mol. The highest BCUT2D eigenvalue weighted by atomic mass is 35.5. The van der Waals surface area contributed by atoms with Crippen LogP contribution in [0.3, 0.4) is 0 Å². The van der Waals surface area contributed by atoms with Crippen LogP contribution in [-0.4, -0.2) is 14.8 Å². The van der Waals surface area contributed by atoms with Crippen molar-refractivity contribution in [2.24, 2.45) is 7.05 Å². The number of anilines is 2. The highest BCUT2D eigenvalue weighted by molar-refractivity contribution is 6.34. The van der Waals surface area contributed by atoms with E-state index in [1.807, 2.05) is 81.7 Å². The van der Waals surface area contributed by atoms with Crippen molar-refractivity contribution in [2.45, 2.75) is 27.7 Å². The van der Waals surface area contributed by atoms with Crippen molar-refractivity contribution in [3.63, 3.8) is 0 Å². The summed E-state index contributed by atoms with van der Waals surface area (Å²) in [5.74, 6) is 0.710. The van der Waals surface area contributed by atoms with Gasteiger partial charge in [0.15, 0.2) is 0 Å². The number of aryl methyl sites for hydroxylation is 2. The molecule has 5 rings (SSSR count). The zero-order valence-electron chi connectivity index (χ0n) is 22.0. The van der Waals surface area contributed by atoms with Gasteiger partial charge in [0, 0.05) is 58.1 Å². The Kier molecular flexibility index (Phi) is 7.65. The topological polar surface area (TPSA) is 46.0 Å². The van der Waals surface area contributed by atoms with Crippen LogP contribution in [0.25, 0.3) is 34.2 Å². The van der Waals surface area contributed by atoms with Crippen LogP contribution in [0.1, 0.15) is 37.5 Å². The van der Waals surface area contributed by atoms with Crippen molar-refractivity contribution in [3.05, 3.63) is 108 Å². The van der Waals surface area contributed by atoms with E-state index in [4.69, 9.17) is 11.6 Å². The third-order valence-electron chi connectivity index (χ3n) is 6.18. The van der Waals surface area contributed by atoms with Crippen LogP contribution in [-0.2, 0) is 7.05 Å². The average molecular weight is 510 g/mol. The van der Waals surface area contributed by atoms with Crippen LogP contribution in [0.2, 0.25) is 5.02 Å². The number of fused-ring (bicyclic) bond motifs is 1. The second kappa shape index (κ2) is 10.9. The molecule has 0 amide bonds. The van der Waals surface area contributed by atoms with Gasteiger partial charge in [-0.05, 0) is 43.2 Å². The first-order chi connectivity index (χ1) is 17.9. The second-order valence-corrected chi connectivity index (χ2v) is 8.95. The fraction of sp³-hybridized carbons (Fsp3) is 0.161. The number of nitrogens with zero attached hydrogens (tertiary/aromatic N) is 4. The molecule has 0 unspecified atom stereocenters. The van der Waals surface area contributed by atoms with Gasteiger partial charge < -0.3 is 5.32 Å². The molecule has 0 saturated carbocycles. The number of hydrogen-bond acceptors (Lipinski definition) is 4. The SMILES string of the molecule is C=C1Nc2cc(-c3c(Cl)cccc3-c3ccn(C)n3)ccc2C(=C)N1c1cncc(C)c1/C=C\C.CC. The highest BCUT2D eigenvalue weighted by Gasteiger charge is 2.26. The van der Waals surface area contributed by atoms with Crippen molar-refractivity contribution in [1.29, 1.82) is 0 Å². The van der Waals surface area contributed by atoms with E-state index < -0.39 is 0 Å². The number of allylic oxidation sites excluding steroid dienone is 1. The Hall–Kier alpha value is -4.09. The van der Waals surface area contributed by atoms with E-state index >= 15 is 0 Å². The van der Waals surface area contributed by atoms with E-state index in [1.165, 1.54) is 0 Å². The summed E-state index contributed by atoms with van der Waals surface area (Å²) in [5, 5.41) is 8.74. The Bertz CT molecular complexity index is 1510. The number of aromatic nitrogens is 3. The molecule has 0 fully saturated rings. The lowest BCUT2D eigenvalue weighted by molar-refractivity contribution is 0.771. The summed E-state index contributed by atoms with van der Waals surface area (Å²) in [7, 11) is 1.91. The van der Waals surface area contributed by atoms with E-state index in [0.717, 1.165) is 56.1 Å². The molecule has 3 heterocycles. The Morgan fingerprint density at radius 2 is 1.81 bits per heavy atom. The highest BCUT2D eigenvalue weighted by Crippen LogP contribution is 2.43. The van der Waals surface area contributed by atoms with Crippen molar-refractivity contribution in [3.8, 4) is 22.4 Å². The molecular weight excluding hydrogens is 478 g/mol. The molecule has 1 aliphatic rings. The Labute approximate surface area is 224 Å². The number of nitrogens with one attached hydrogen (secondary N) is 1. The van der Waals surface area contributed by atoms with Crippen molar-refractivity contribution < 1.29 is 0 Å². The van der Waals surface area contributed by atoms with E-state index in [-0.39, 0.29) is 0 Å². The molecule has 4 aromatic rings. The summed E-state index contributed by atoms with van der Waals surface area (Å²) in [4.78, 5) is 6.44. The summed E-state index contributed by atoms with van der Waals surface area (Å²) in [5.41, 5.74) is 9.63. The number of rotatable bonds is 4. The van der Waals surface area contributed by atoms with Gasteiger partial charge in [0.1, 0.15) is 5.82 Å². The fourth-order valence-corrected chi connectivity index (χ4v) is 4.84. The molecule has 188 valence electrons. The molecule has 0 aliphatic carbocycles. The predicted octanol–water partition coefficient (Wildman–Crippen LogP) is 8.54. The zero-order chi connectivity index (χ0) is 26.7. The smallest absolute Gasteiger partial charge is 0.108 e. The van der Waals surface area contributed by atoms with Gasteiger partial charge >= 0.3 is 0 Å². The minimum Gasteiger partial charge on any atom is -0.341 e. The van der Waals surface area contributed by atoms with Gasteiger partial charge in [0.2, 0.25) is 0 Å². The number of hydrogen-bond donors (Lipinski definition) is 1. The maximum Gasteiger partial charge on any atom is 0.108 e. The molecule has 0 bridgehead atoms. The quantitative estimate of drug-likeness (QED) is 0.299. The molecule has 1 aliphatic heterocycles. The van der Waals surface area contributed by atoms with Crippen LogP contribution in [0.4, 0.5) is 11.4 Å². The number of benzene rings is 2. The molecule has 5 nitrogen and oxygen atoms in total. The third kappa shape index (κ3) is 4.83. The van der Waals surface area contributed by atoms with Gasteiger partial charge in [-0.15, -0.1) is 0 Å². The Morgan fingerprint density at radius 1 is 1.03 bits per heavy atom. The average Bonchev–Trinajstić information content (AvgIpc) is 3.33. The molecule has 37 heavy (non-hydrogen) atoms. The van der Waals surface area contributed by atoms with E-state index in [0.29, 0.717) is 10.8 Å². The van der Waals surface area contributed by atoms with Gasteiger partial charge in [0.25, 0.3) is 0 Å². The predicted molar refractivity (Wildman–Crippen MR) is 158 cm³/mol. The van der Waals surface area contributed by atoms with Gasteiger partial charge in [0.05, 0.1) is 17.6 Å².